The minimum atomic E-state index is -4.91. The van der Waals surface area contributed by atoms with E-state index in [0.29, 0.717) is 30.6 Å². The first-order chi connectivity index (χ1) is 17.4. The van der Waals surface area contributed by atoms with Crippen molar-refractivity contribution >= 4 is 10.9 Å². The number of hydrogen-bond acceptors (Lipinski definition) is 2. The van der Waals surface area contributed by atoms with Gasteiger partial charge in [0.25, 0.3) is 0 Å². The van der Waals surface area contributed by atoms with Crippen LogP contribution in [0.3, 0.4) is 0 Å². The van der Waals surface area contributed by atoms with Crippen molar-refractivity contribution in [3.63, 3.8) is 0 Å². The monoisotopic (exact) mass is 600 g/mol. The number of nitrogens with zero attached hydrogens (tertiary/aromatic N) is 2. The Labute approximate surface area is 227 Å². The maximum absolute atomic E-state index is 13.6. The largest absolute Gasteiger partial charge is 1.00 e. The predicted molar refractivity (Wildman–Crippen MR) is 127 cm³/mol. The molecule has 0 aliphatic carbocycles. The fraction of sp³-hybridized carbons (Fsp3) is 0.393. The third-order valence-corrected chi connectivity index (χ3v) is 8.19. The molecule has 3 nitrogen and oxygen atoms in total. The maximum atomic E-state index is 13.6. The SMILES string of the molecule is C=C[C@H]1C[N@+]2(Cc3cc(C(F)(F)F)cc(C(F)(F)F)c3)CC[C@H]1C[C@@H]2[C@@H](O)c1ccnc2ccccc12.[Br-]. The first kappa shape index (κ1) is 28.6. The van der Waals surface area contributed by atoms with Gasteiger partial charge in [0, 0.05) is 35.9 Å². The lowest BCUT2D eigenvalue weighted by molar-refractivity contribution is -0.984. The van der Waals surface area contributed by atoms with Crippen LogP contribution in [0.1, 0.15) is 41.2 Å². The Bertz CT molecular complexity index is 1290. The van der Waals surface area contributed by atoms with Crippen molar-refractivity contribution in [3.8, 4) is 0 Å². The summed E-state index contributed by atoms with van der Waals surface area (Å²) in [5.41, 5.74) is -1.31. The summed E-state index contributed by atoms with van der Waals surface area (Å²) in [6, 6.07) is 10.5. The van der Waals surface area contributed by atoms with Crippen LogP contribution in [-0.4, -0.2) is 33.7 Å². The molecule has 0 spiro atoms. The Morgan fingerprint density at radius 1 is 1.03 bits per heavy atom. The van der Waals surface area contributed by atoms with Crippen LogP contribution in [-0.2, 0) is 18.9 Å². The average molecular weight is 601 g/mol. The number of alkyl halides is 6. The number of aliphatic hydroxyl groups excluding tert-OH is 1. The van der Waals surface area contributed by atoms with Gasteiger partial charge in [-0.25, -0.2) is 0 Å². The van der Waals surface area contributed by atoms with Gasteiger partial charge in [0.05, 0.1) is 29.7 Å². The van der Waals surface area contributed by atoms with Crippen LogP contribution in [0.5, 0.6) is 0 Å². The molecule has 0 amide bonds. The van der Waals surface area contributed by atoms with Gasteiger partial charge in [-0.05, 0) is 41.8 Å². The van der Waals surface area contributed by atoms with Gasteiger partial charge in [-0.15, -0.1) is 6.58 Å². The first-order valence-electron chi connectivity index (χ1n) is 12.2. The summed E-state index contributed by atoms with van der Waals surface area (Å²) in [6.07, 6.45) is -5.99. The topological polar surface area (TPSA) is 33.1 Å². The van der Waals surface area contributed by atoms with Gasteiger partial charge in [0.2, 0.25) is 0 Å². The average Bonchev–Trinajstić information content (AvgIpc) is 2.86. The molecule has 2 bridgehead atoms. The highest BCUT2D eigenvalue weighted by Crippen LogP contribution is 2.48. The van der Waals surface area contributed by atoms with E-state index >= 15 is 0 Å². The Hall–Kier alpha value is -2.43. The summed E-state index contributed by atoms with van der Waals surface area (Å²) in [5, 5.41) is 12.5. The molecule has 3 fully saturated rings. The Balaban J connectivity index is 0.00000336. The van der Waals surface area contributed by atoms with Crippen molar-refractivity contribution in [2.24, 2.45) is 11.8 Å². The molecular formula is C28H27BrF6N2O. The van der Waals surface area contributed by atoms with E-state index in [2.05, 4.69) is 11.6 Å². The molecule has 5 atom stereocenters. The lowest BCUT2D eigenvalue weighted by atomic mass is 9.71. The maximum Gasteiger partial charge on any atom is 0.416 e. The molecule has 10 heteroatoms. The molecule has 0 radical (unpaired) electrons. The lowest BCUT2D eigenvalue weighted by Gasteiger charge is -2.58. The van der Waals surface area contributed by atoms with Gasteiger partial charge >= 0.3 is 12.4 Å². The lowest BCUT2D eigenvalue weighted by Crippen LogP contribution is -3.00. The normalized spacial score (nSPS) is 26.1. The zero-order chi connectivity index (χ0) is 26.6. The van der Waals surface area contributed by atoms with Crippen LogP contribution in [0.15, 0.2) is 67.4 Å². The van der Waals surface area contributed by atoms with Crippen LogP contribution in [0.4, 0.5) is 26.3 Å². The fourth-order valence-electron chi connectivity index (χ4n) is 6.44. The molecular weight excluding hydrogens is 574 g/mol. The van der Waals surface area contributed by atoms with Crippen molar-refractivity contribution < 1.29 is 52.9 Å². The summed E-state index contributed by atoms with van der Waals surface area (Å²) < 4.78 is 81.6. The van der Waals surface area contributed by atoms with Gasteiger partial charge < -0.3 is 26.6 Å². The Morgan fingerprint density at radius 2 is 1.68 bits per heavy atom. The number of para-hydroxylation sites is 1. The molecule has 3 aliphatic heterocycles. The van der Waals surface area contributed by atoms with E-state index < -0.39 is 35.6 Å². The van der Waals surface area contributed by atoms with Gasteiger partial charge in [-0.2, -0.15) is 26.3 Å². The molecule has 3 saturated heterocycles. The Kier molecular flexibility index (Phi) is 7.73. The van der Waals surface area contributed by atoms with E-state index in [0.717, 1.165) is 23.9 Å². The second-order valence-corrected chi connectivity index (χ2v) is 10.3. The summed E-state index contributed by atoms with van der Waals surface area (Å²) in [7, 11) is 0. The van der Waals surface area contributed by atoms with Crippen molar-refractivity contribution in [3.05, 3.63) is 89.6 Å². The van der Waals surface area contributed by atoms with Crippen molar-refractivity contribution in [1.29, 1.82) is 0 Å². The molecule has 3 aromatic rings. The molecule has 204 valence electrons. The molecule has 6 rings (SSSR count). The highest BCUT2D eigenvalue weighted by atomic mass is 79.9. The Morgan fingerprint density at radius 3 is 2.32 bits per heavy atom. The van der Waals surface area contributed by atoms with Gasteiger partial charge in [-0.3, -0.25) is 4.98 Å². The van der Waals surface area contributed by atoms with Crippen LogP contribution in [0.25, 0.3) is 10.9 Å². The smallest absolute Gasteiger partial charge is 0.416 e. The van der Waals surface area contributed by atoms with Crippen LogP contribution in [0.2, 0.25) is 0 Å². The number of quaternary nitrogens is 1. The van der Waals surface area contributed by atoms with E-state index in [1.54, 1.807) is 12.3 Å². The number of aliphatic hydroxyl groups is 1. The van der Waals surface area contributed by atoms with Gasteiger partial charge in [0.1, 0.15) is 18.7 Å². The molecule has 2 aromatic carbocycles. The predicted octanol–water partition coefficient (Wildman–Crippen LogP) is 3.92. The minimum Gasteiger partial charge on any atom is -1.00 e. The van der Waals surface area contributed by atoms with Crippen molar-refractivity contribution in [1.82, 2.24) is 4.98 Å². The van der Waals surface area contributed by atoms with E-state index in [4.69, 9.17) is 0 Å². The number of pyridine rings is 1. The standard InChI is InChI=1S/C28H27F6N2O.BrH/c1-2-18-16-36(15-17-11-20(27(29,30)31)14-21(12-17)28(32,33)34)10-8-19(18)13-25(36)26(37)23-7-9-35-24-6-4-3-5-22(23)24;/h2-7,9,11-12,14,18-19,25-26,37H,1,8,10,13,15-16H2;1H/q+1;/p-1/t18-,19-,25+,26-,36+;/m0./s1. The van der Waals surface area contributed by atoms with Gasteiger partial charge in [0.15, 0.2) is 0 Å². The zero-order valence-electron chi connectivity index (χ0n) is 20.3. The second kappa shape index (κ2) is 10.3. The highest BCUT2D eigenvalue weighted by Gasteiger charge is 2.54. The third-order valence-electron chi connectivity index (χ3n) is 8.19. The quantitative estimate of drug-likeness (QED) is 0.274. The van der Waals surface area contributed by atoms with Crippen molar-refractivity contribution in [2.45, 2.75) is 43.9 Å². The number of rotatable bonds is 5. The molecule has 1 aromatic heterocycles. The second-order valence-electron chi connectivity index (χ2n) is 10.3. The number of fused-ring (bicyclic) bond motifs is 4. The first-order valence-corrected chi connectivity index (χ1v) is 12.2. The number of hydrogen-bond donors (Lipinski definition) is 1. The van der Waals surface area contributed by atoms with E-state index in [1.807, 2.05) is 30.3 Å². The summed E-state index contributed by atoms with van der Waals surface area (Å²) in [6.45, 7) is 4.93. The molecule has 4 heterocycles. The van der Waals surface area contributed by atoms with E-state index in [1.165, 1.54) is 0 Å². The fourth-order valence-corrected chi connectivity index (χ4v) is 6.44. The van der Waals surface area contributed by atoms with Crippen molar-refractivity contribution in [2.75, 3.05) is 13.1 Å². The number of halogens is 7. The number of piperidine rings is 3. The van der Waals surface area contributed by atoms with Gasteiger partial charge in [-0.1, -0.05) is 24.3 Å². The van der Waals surface area contributed by atoms with E-state index in [-0.39, 0.29) is 51.5 Å². The molecule has 3 aliphatic rings. The number of benzene rings is 2. The molecule has 0 saturated carbocycles. The van der Waals surface area contributed by atoms with Crippen LogP contribution < -0.4 is 17.0 Å². The molecule has 0 unspecified atom stereocenters. The molecule has 1 N–H and O–H groups in total. The van der Waals surface area contributed by atoms with Crippen LogP contribution >= 0.6 is 0 Å². The zero-order valence-corrected chi connectivity index (χ0v) is 21.9. The third kappa shape index (κ3) is 5.22. The molecule has 38 heavy (non-hydrogen) atoms. The van der Waals surface area contributed by atoms with Crippen LogP contribution in [0, 0.1) is 11.8 Å². The minimum absolute atomic E-state index is 0. The van der Waals surface area contributed by atoms with E-state index in [9.17, 15) is 31.4 Å². The summed E-state index contributed by atoms with van der Waals surface area (Å²) in [4.78, 5) is 4.35. The summed E-state index contributed by atoms with van der Waals surface area (Å²) in [5.74, 6) is 0.316. The summed E-state index contributed by atoms with van der Waals surface area (Å²) >= 11 is 0. The highest BCUT2D eigenvalue weighted by molar-refractivity contribution is 5.82. The number of aromatic nitrogens is 1.